The molecule has 0 radical (unpaired) electrons. The van der Waals surface area contributed by atoms with E-state index in [1.54, 1.807) is 0 Å². The summed E-state index contributed by atoms with van der Waals surface area (Å²) in [5.74, 6) is 0. The second-order valence-corrected chi connectivity index (χ2v) is 41.0. The topological polar surface area (TPSA) is 13.0 Å². The number of benzene rings is 22. The van der Waals surface area contributed by atoms with Crippen molar-refractivity contribution in [3.8, 4) is 122 Å². The quantitative estimate of drug-likeness (QED) is 0.0525. The van der Waals surface area contributed by atoms with Gasteiger partial charge in [-0.15, -0.1) is 0 Å². The molecule has 0 saturated heterocycles. The van der Waals surface area contributed by atoms with Crippen molar-refractivity contribution < 1.29 is 0 Å². The van der Waals surface area contributed by atoms with Crippen molar-refractivity contribution in [3.63, 3.8) is 0 Å². The largest absolute Gasteiger partial charge is 0.345 e. The van der Waals surface area contributed by atoms with Crippen molar-refractivity contribution in [2.75, 3.05) is 47.8 Å². The molecule has 22 aromatic rings. The van der Waals surface area contributed by atoms with Crippen LogP contribution in [0.25, 0.3) is 156 Å². The summed E-state index contributed by atoms with van der Waals surface area (Å²) >= 11 is 0. The lowest BCUT2D eigenvalue weighted by Gasteiger charge is -2.23. The number of nitrogens with zero attached hydrogens (tertiary/aromatic N) is 4. The Kier molecular flexibility index (Phi) is 27.3. The fraction of sp³-hybridized carbons (Fsp3) is 0.110. The Hall–Kier alpha value is -17.7. The molecule has 0 N–H and O–H groups in total. The maximum absolute atomic E-state index is 2.37. The zero-order chi connectivity index (χ0) is 102. The molecular weight excluding hydrogens is 1810 g/mol. The zero-order valence-electron chi connectivity index (χ0n) is 86.8. The number of aryl methyl sites for hydroxylation is 12. The fourth-order valence-corrected chi connectivity index (χ4v) is 21.8. The summed E-state index contributed by atoms with van der Waals surface area (Å²) in [6.07, 6.45) is 14.2. The predicted molar refractivity (Wildman–Crippen MR) is 643 cm³/mol. The van der Waals surface area contributed by atoms with Crippen molar-refractivity contribution in [2.45, 2.75) is 79.1 Å². The molecule has 0 fully saturated rings. The van der Waals surface area contributed by atoms with Crippen LogP contribution < -0.4 is 19.6 Å². The normalized spacial score (nSPS) is 12.2. The third-order valence-corrected chi connectivity index (χ3v) is 31.1. The SMILES string of the molecule is Cc1ccc(-c2ccc(N(C)c3cccc(-c4cccc(/C=C/c5ccc6c(c5)CC6)c4)c3)cc2)cc1.Cc1ccc(-c2cccc(-c3cccc(N(C)c4cccc(-c5ccc6c(c5)CC6)c4)c3)c2)cc1.Cc1cccc(-c2c3ccccc3c(-c3cccc(N(C)c4cccc(-c5ccc6c(c5)CC6)c4)c3)c3ccccc23)c1.Cc1cccc(-c2cccc(-c3cccc(N(C)c4cccc(-c5ccc6c(c5)CC6)c4)c3)c2)c1. The van der Waals surface area contributed by atoms with E-state index >= 15 is 0 Å². The van der Waals surface area contributed by atoms with Gasteiger partial charge in [0, 0.05) is 73.7 Å². The molecule has 0 atom stereocenters. The predicted octanol–water partition coefficient (Wildman–Crippen LogP) is 38.3. The minimum absolute atomic E-state index is 1.17. The molecule has 0 bridgehead atoms. The van der Waals surface area contributed by atoms with E-state index in [1.807, 2.05) is 0 Å². The highest BCUT2D eigenvalue weighted by Gasteiger charge is 2.24. The molecule has 150 heavy (non-hydrogen) atoms. The molecule has 4 heteroatoms. The lowest BCUT2D eigenvalue weighted by molar-refractivity contribution is 0.839. The lowest BCUT2D eigenvalue weighted by Crippen LogP contribution is -2.10. The van der Waals surface area contributed by atoms with Gasteiger partial charge in [-0.1, -0.05) is 404 Å². The summed E-state index contributed by atoms with van der Waals surface area (Å²) < 4.78 is 0. The van der Waals surface area contributed by atoms with Gasteiger partial charge in [-0.25, -0.2) is 0 Å². The van der Waals surface area contributed by atoms with E-state index in [0.717, 1.165) is 0 Å². The molecule has 26 rings (SSSR count). The van der Waals surface area contributed by atoms with Crippen LogP contribution in [0.15, 0.2) is 485 Å². The Morgan fingerprint density at radius 3 is 0.680 bits per heavy atom. The molecule has 4 aliphatic carbocycles. The van der Waals surface area contributed by atoms with E-state index in [-0.39, 0.29) is 0 Å². The Balaban J connectivity index is 0.000000110. The van der Waals surface area contributed by atoms with Gasteiger partial charge in [0.25, 0.3) is 0 Å². The van der Waals surface area contributed by atoms with Crippen LogP contribution in [0.3, 0.4) is 0 Å². The van der Waals surface area contributed by atoms with E-state index in [0.29, 0.717) is 0 Å². The first-order chi connectivity index (χ1) is 73.5. The van der Waals surface area contributed by atoms with Gasteiger partial charge in [-0.05, 0) is 394 Å². The zero-order valence-corrected chi connectivity index (χ0v) is 86.8. The monoisotopic (exact) mass is 1930 g/mol. The van der Waals surface area contributed by atoms with Crippen molar-refractivity contribution in [1.82, 2.24) is 0 Å². The summed E-state index contributed by atoms with van der Waals surface area (Å²) in [6, 6.07) is 178. The van der Waals surface area contributed by atoms with Gasteiger partial charge in [0.05, 0.1) is 0 Å². The Morgan fingerprint density at radius 2 is 0.360 bits per heavy atom. The Bertz CT molecular complexity index is 8760. The summed E-state index contributed by atoms with van der Waals surface area (Å²) in [7, 11) is 8.61. The summed E-state index contributed by atoms with van der Waals surface area (Å²) in [5, 5.41) is 5.12. The first-order valence-electron chi connectivity index (χ1n) is 53.0. The third-order valence-electron chi connectivity index (χ3n) is 31.1. The molecular formula is C146H122N4. The molecule has 22 aromatic carbocycles. The second kappa shape index (κ2) is 42.8. The van der Waals surface area contributed by atoms with Gasteiger partial charge < -0.3 is 19.6 Å². The number of fused-ring (bicyclic) bond motifs is 6. The third kappa shape index (κ3) is 20.8. The van der Waals surface area contributed by atoms with Gasteiger partial charge in [-0.3, -0.25) is 0 Å². The number of hydrogen-bond acceptors (Lipinski definition) is 4. The van der Waals surface area contributed by atoms with Crippen LogP contribution in [0.1, 0.15) is 77.9 Å². The van der Waals surface area contributed by atoms with Crippen LogP contribution in [0, 0.1) is 27.7 Å². The maximum atomic E-state index is 2.37. The van der Waals surface area contributed by atoms with Crippen molar-refractivity contribution in [2.24, 2.45) is 0 Å². The highest BCUT2D eigenvalue weighted by atomic mass is 15.1. The Morgan fingerprint density at radius 1 is 0.140 bits per heavy atom. The molecule has 0 amide bonds. The Labute approximate surface area is 885 Å². The smallest absolute Gasteiger partial charge is 0.0414 e. The van der Waals surface area contributed by atoms with Gasteiger partial charge >= 0.3 is 0 Å². The van der Waals surface area contributed by atoms with Crippen molar-refractivity contribution in [3.05, 3.63) is 563 Å². The summed E-state index contributed by atoms with van der Waals surface area (Å²) in [5.41, 5.74) is 56.7. The fourth-order valence-electron chi connectivity index (χ4n) is 21.8. The van der Waals surface area contributed by atoms with Gasteiger partial charge in [0.1, 0.15) is 0 Å². The van der Waals surface area contributed by atoms with E-state index in [4.69, 9.17) is 0 Å². The van der Waals surface area contributed by atoms with Crippen LogP contribution in [0.4, 0.5) is 45.5 Å². The van der Waals surface area contributed by atoms with Gasteiger partial charge in [0.15, 0.2) is 0 Å². The standard InChI is InChI=1S/C42H33N.C36H31N.2C34H29N/c1-28-10-7-12-33(24-28)41-37-16-3-5-18-39(37)42(40-19-6-4-17-38(40)41)34-13-9-15-36(27-34)43(2)35-14-8-11-30(26-35)32-23-21-29-20-22-31(29)25-32;1-26-9-14-29(15-10-26)30-19-21-35(22-20-30)37(2)36-8-4-7-33(25-36)32-6-3-5-27(23-32)11-12-28-13-16-31-17-18-34(31)24-28;1-24-7-3-8-26(19-24)27-9-4-10-28(20-27)29-11-5-13-33(22-29)35(2)34-14-6-12-30(23-34)32-18-16-25-15-17-31(25)21-32;1-24-12-14-25(15-13-24)27-6-3-7-28(20-27)29-8-4-10-33(22-29)35(2)34-11-5-9-30(23-34)32-19-17-26-16-18-31(26)21-32/h3-19,21,23-27H,20,22H2,1-2H3;3-16,19-25H,17-18H2,1-2H3;3-14,16,18-23H,15,17H2,1-2H3;3-15,17,19-23H,16,18H2,1-2H3/b;12-11+;;. The minimum Gasteiger partial charge on any atom is -0.345 e. The first-order valence-corrected chi connectivity index (χ1v) is 53.0. The van der Waals surface area contributed by atoms with E-state index in [9.17, 15) is 0 Å². The van der Waals surface area contributed by atoms with Crippen molar-refractivity contribution in [1.29, 1.82) is 0 Å². The summed E-state index contributed by atoms with van der Waals surface area (Å²) in [4.78, 5) is 9.10. The highest BCUT2D eigenvalue weighted by molar-refractivity contribution is 6.21. The van der Waals surface area contributed by atoms with Crippen LogP contribution in [-0.4, -0.2) is 28.2 Å². The average Bonchev–Trinajstić information content (AvgIpc) is 0.730. The van der Waals surface area contributed by atoms with Crippen LogP contribution in [0.5, 0.6) is 0 Å². The minimum atomic E-state index is 1.17. The first kappa shape index (κ1) is 95.8. The molecule has 0 unspecified atom stereocenters. The molecule has 726 valence electrons. The molecule has 4 nitrogen and oxygen atoms in total. The lowest BCUT2D eigenvalue weighted by atomic mass is 9.85. The van der Waals surface area contributed by atoms with Crippen molar-refractivity contribution >= 4 is 79.2 Å². The number of anilines is 8. The summed E-state index contributed by atoms with van der Waals surface area (Å²) in [6.45, 7) is 8.56. The molecule has 0 aromatic heterocycles. The number of rotatable bonds is 21. The van der Waals surface area contributed by atoms with Gasteiger partial charge in [0.2, 0.25) is 0 Å². The van der Waals surface area contributed by atoms with Crippen LogP contribution >= 0.6 is 0 Å². The maximum Gasteiger partial charge on any atom is 0.0414 e. The van der Waals surface area contributed by atoms with E-state index in [2.05, 4.69) is 573 Å². The molecule has 0 saturated carbocycles. The van der Waals surface area contributed by atoms with Gasteiger partial charge in [-0.2, -0.15) is 0 Å². The van der Waals surface area contributed by atoms with Crippen LogP contribution in [0.2, 0.25) is 0 Å². The second-order valence-electron chi connectivity index (χ2n) is 41.0. The highest BCUT2D eigenvalue weighted by Crippen LogP contribution is 2.47. The molecule has 4 aliphatic rings. The van der Waals surface area contributed by atoms with E-state index in [1.165, 1.54) is 319 Å². The average molecular weight is 1930 g/mol. The molecule has 0 heterocycles. The van der Waals surface area contributed by atoms with E-state index < -0.39 is 0 Å². The van der Waals surface area contributed by atoms with Crippen LogP contribution in [-0.2, 0) is 51.4 Å². The molecule has 0 aliphatic heterocycles. The molecule has 0 spiro atoms. The number of hydrogen-bond donors (Lipinski definition) is 0.